The minimum atomic E-state index is 0.504. The first-order valence-electron chi connectivity index (χ1n) is 7.64. The summed E-state index contributed by atoms with van der Waals surface area (Å²) in [4.78, 5) is 4.31. The van der Waals surface area contributed by atoms with Crippen LogP contribution in [0.1, 0.15) is 32.2 Å². The van der Waals surface area contributed by atoms with Crippen LogP contribution in [0.5, 0.6) is 5.75 Å². The van der Waals surface area contributed by atoms with Crippen LogP contribution in [0.25, 0.3) is 0 Å². The third-order valence-corrected chi connectivity index (χ3v) is 3.36. The minimum Gasteiger partial charge on any atom is -0.492 e. The van der Waals surface area contributed by atoms with Gasteiger partial charge in [-0.3, -0.25) is 0 Å². The maximum Gasteiger partial charge on any atom is 0.119 e. The van der Waals surface area contributed by atoms with Gasteiger partial charge in [0.05, 0.1) is 6.54 Å². The molecule has 114 valence electrons. The fourth-order valence-electron chi connectivity index (χ4n) is 2.15. The zero-order chi connectivity index (χ0) is 15.1. The molecule has 0 atom stereocenters. The molecule has 0 aliphatic heterocycles. The van der Waals surface area contributed by atoms with Crippen LogP contribution in [0, 0.1) is 0 Å². The SMILES string of the molecule is CCc1nccn1CCOc1ccc(CNC(C)C)cc1. The summed E-state index contributed by atoms with van der Waals surface area (Å²) in [6, 6.07) is 8.79. The van der Waals surface area contributed by atoms with Gasteiger partial charge >= 0.3 is 0 Å². The number of nitrogens with one attached hydrogen (secondary N) is 1. The lowest BCUT2D eigenvalue weighted by atomic mass is 10.2. The Labute approximate surface area is 127 Å². The molecule has 1 heterocycles. The summed E-state index contributed by atoms with van der Waals surface area (Å²) in [6.45, 7) is 8.81. The maximum atomic E-state index is 5.79. The van der Waals surface area contributed by atoms with Crippen molar-refractivity contribution < 1.29 is 4.74 Å². The molecule has 2 aromatic rings. The first kappa shape index (κ1) is 15.6. The van der Waals surface area contributed by atoms with E-state index in [0.717, 1.165) is 31.1 Å². The molecule has 21 heavy (non-hydrogen) atoms. The second-order valence-corrected chi connectivity index (χ2v) is 5.42. The summed E-state index contributed by atoms with van der Waals surface area (Å²) in [7, 11) is 0. The van der Waals surface area contributed by atoms with Crippen LogP contribution in [0.3, 0.4) is 0 Å². The molecule has 0 fully saturated rings. The minimum absolute atomic E-state index is 0.504. The van der Waals surface area contributed by atoms with Crippen molar-refractivity contribution in [1.82, 2.24) is 14.9 Å². The van der Waals surface area contributed by atoms with Gasteiger partial charge in [0, 0.05) is 31.4 Å². The first-order valence-corrected chi connectivity index (χ1v) is 7.64. The van der Waals surface area contributed by atoms with Gasteiger partial charge in [-0.1, -0.05) is 32.9 Å². The average Bonchev–Trinajstić information content (AvgIpc) is 2.94. The molecule has 0 aliphatic carbocycles. The molecule has 1 aromatic carbocycles. The summed E-state index contributed by atoms with van der Waals surface area (Å²) >= 11 is 0. The van der Waals surface area contributed by atoms with Gasteiger partial charge in [0.15, 0.2) is 0 Å². The molecule has 0 bridgehead atoms. The summed E-state index contributed by atoms with van der Waals surface area (Å²) in [6.07, 6.45) is 4.79. The number of nitrogens with zero attached hydrogens (tertiary/aromatic N) is 2. The van der Waals surface area contributed by atoms with E-state index in [1.807, 2.05) is 24.5 Å². The van der Waals surface area contributed by atoms with Crippen LogP contribution in [0.2, 0.25) is 0 Å². The standard InChI is InChI=1S/C17H25N3O/c1-4-17-18-9-10-20(17)11-12-21-16-7-5-15(6-8-16)13-19-14(2)3/h5-10,14,19H,4,11-13H2,1-3H3. The van der Waals surface area contributed by atoms with Crippen LogP contribution in [-0.4, -0.2) is 22.2 Å². The zero-order valence-corrected chi connectivity index (χ0v) is 13.2. The number of benzene rings is 1. The highest BCUT2D eigenvalue weighted by molar-refractivity contribution is 5.27. The molecule has 0 radical (unpaired) electrons. The van der Waals surface area contributed by atoms with Crippen LogP contribution in [-0.2, 0) is 19.5 Å². The molecule has 0 aliphatic rings. The largest absolute Gasteiger partial charge is 0.492 e. The lowest BCUT2D eigenvalue weighted by molar-refractivity contribution is 0.296. The van der Waals surface area contributed by atoms with Crippen LogP contribution >= 0.6 is 0 Å². The van der Waals surface area contributed by atoms with Gasteiger partial charge < -0.3 is 14.6 Å². The quantitative estimate of drug-likeness (QED) is 0.811. The van der Waals surface area contributed by atoms with Crippen LogP contribution < -0.4 is 10.1 Å². The summed E-state index contributed by atoms with van der Waals surface area (Å²) in [5.74, 6) is 2.02. The van der Waals surface area contributed by atoms with E-state index in [1.54, 1.807) is 0 Å². The topological polar surface area (TPSA) is 39.1 Å². The normalized spacial score (nSPS) is 11.0. The van der Waals surface area contributed by atoms with Gasteiger partial charge in [-0.25, -0.2) is 4.98 Å². The number of hydrogen-bond donors (Lipinski definition) is 1. The van der Waals surface area contributed by atoms with Crippen molar-refractivity contribution in [2.75, 3.05) is 6.61 Å². The van der Waals surface area contributed by atoms with E-state index in [1.165, 1.54) is 5.56 Å². The Morgan fingerprint density at radius 3 is 2.67 bits per heavy atom. The van der Waals surface area contributed by atoms with Crippen molar-refractivity contribution in [3.8, 4) is 5.75 Å². The Kier molecular flexibility index (Phi) is 5.81. The van der Waals surface area contributed by atoms with Crippen molar-refractivity contribution in [3.63, 3.8) is 0 Å². The van der Waals surface area contributed by atoms with Crippen molar-refractivity contribution in [2.24, 2.45) is 0 Å². The number of ether oxygens (including phenoxy) is 1. The van der Waals surface area contributed by atoms with E-state index in [-0.39, 0.29) is 0 Å². The van der Waals surface area contributed by atoms with Crippen molar-refractivity contribution >= 4 is 0 Å². The van der Waals surface area contributed by atoms with Gasteiger partial charge in [0.25, 0.3) is 0 Å². The average molecular weight is 287 g/mol. The molecule has 0 spiro atoms. The molecule has 0 saturated heterocycles. The Hall–Kier alpha value is -1.81. The third kappa shape index (κ3) is 4.90. The molecule has 1 aromatic heterocycles. The van der Waals surface area contributed by atoms with Crippen LogP contribution in [0.4, 0.5) is 0 Å². The van der Waals surface area contributed by atoms with Gasteiger partial charge in [0.1, 0.15) is 18.2 Å². The number of aryl methyl sites for hydroxylation is 1. The van der Waals surface area contributed by atoms with E-state index in [0.29, 0.717) is 12.6 Å². The number of rotatable bonds is 8. The number of hydrogen-bond acceptors (Lipinski definition) is 3. The fourth-order valence-corrected chi connectivity index (χ4v) is 2.15. The highest BCUT2D eigenvalue weighted by Gasteiger charge is 2.01. The highest BCUT2D eigenvalue weighted by atomic mass is 16.5. The summed E-state index contributed by atoms with van der Waals surface area (Å²) in [5.41, 5.74) is 1.28. The predicted octanol–water partition coefficient (Wildman–Crippen LogP) is 3.02. The van der Waals surface area contributed by atoms with Crippen LogP contribution in [0.15, 0.2) is 36.7 Å². The number of aromatic nitrogens is 2. The first-order chi connectivity index (χ1) is 10.2. The zero-order valence-electron chi connectivity index (χ0n) is 13.2. The fraction of sp³-hybridized carbons (Fsp3) is 0.471. The van der Waals surface area contributed by atoms with Crippen molar-refractivity contribution in [2.45, 2.75) is 46.3 Å². The van der Waals surface area contributed by atoms with Crippen molar-refractivity contribution in [3.05, 3.63) is 48.0 Å². The summed E-state index contributed by atoms with van der Waals surface area (Å²) in [5, 5.41) is 3.40. The molecular formula is C17H25N3O. The monoisotopic (exact) mass is 287 g/mol. The second kappa shape index (κ2) is 7.84. The van der Waals surface area contributed by atoms with E-state index >= 15 is 0 Å². The maximum absolute atomic E-state index is 5.79. The molecule has 0 unspecified atom stereocenters. The highest BCUT2D eigenvalue weighted by Crippen LogP contribution is 2.12. The Balaban J connectivity index is 1.78. The number of imidazole rings is 1. The Bertz CT molecular complexity index is 531. The van der Waals surface area contributed by atoms with Gasteiger partial charge in [-0.05, 0) is 17.7 Å². The Morgan fingerprint density at radius 1 is 1.24 bits per heavy atom. The van der Waals surface area contributed by atoms with E-state index in [2.05, 4.69) is 47.8 Å². The van der Waals surface area contributed by atoms with E-state index < -0.39 is 0 Å². The smallest absolute Gasteiger partial charge is 0.119 e. The molecule has 1 N–H and O–H groups in total. The molecular weight excluding hydrogens is 262 g/mol. The predicted molar refractivity (Wildman–Crippen MR) is 85.5 cm³/mol. The van der Waals surface area contributed by atoms with Gasteiger partial charge in [-0.15, -0.1) is 0 Å². The van der Waals surface area contributed by atoms with Crippen molar-refractivity contribution in [1.29, 1.82) is 0 Å². The Morgan fingerprint density at radius 2 is 2.00 bits per heavy atom. The third-order valence-electron chi connectivity index (χ3n) is 3.36. The van der Waals surface area contributed by atoms with E-state index in [9.17, 15) is 0 Å². The van der Waals surface area contributed by atoms with Gasteiger partial charge in [0.2, 0.25) is 0 Å². The molecule has 4 heteroatoms. The molecule has 4 nitrogen and oxygen atoms in total. The summed E-state index contributed by atoms with van der Waals surface area (Å²) < 4.78 is 7.93. The lowest BCUT2D eigenvalue weighted by Crippen LogP contribution is -2.21. The molecule has 0 amide bonds. The second-order valence-electron chi connectivity index (χ2n) is 5.42. The molecule has 2 rings (SSSR count). The molecule has 0 saturated carbocycles. The van der Waals surface area contributed by atoms with Gasteiger partial charge in [-0.2, -0.15) is 0 Å². The van der Waals surface area contributed by atoms with E-state index in [4.69, 9.17) is 4.74 Å². The lowest BCUT2D eigenvalue weighted by Gasteiger charge is -2.10.